The second-order valence-electron chi connectivity index (χ2n) is 6.03. The van der Waals surface area contributed by atoms with E-state index >= 15 is 0 Å². The summed E-state index contributed by atoms with van der Waals surface area (Å²) in [5.41, 5.74) is 2.65. The van der Waals surface area contributed by atoms with Crippen molar-refractivity contribution in [2.24, 2.45) is 5.92 Å². The summed E-state index contributed by atoms with van der Waals surface area (Å²) >= 11 is 3.48. The molecular weight excluding hydrogens is 394 g/mol. The minimum absolute atomic E-state index is 0.121. The number of rotatable bonds is 8. The van der Waals surface area contributed by atoms with Gasteiger partial charge in [-0.2, -0.15) is 0 Å². The third kappa shape index (κ3) is 5.70. The molecule has 0 aliphatic heterocycles. The molecule has 2 rings (SSSR count). The molecule has 26 heavy (non-hydrogen) atoms. The van der Waals surface area contributed by atoms with Crippen LogP contribution in [0, 0.1) is 5.92 Å². The summed E-state index contributed by atoms with van der Waals surface area (Å²) in [6.07, 6.45) is 1.35. The number of halogens is 1. The van der Waals surface area contributed by atoms with Crippen LogP contribution in [-0.2, 0) is 22.5 Å². The molecule has 4 nitrogen and oxygen atoms in total. The van der Waals surface area contributed by atoms with E-state index in [4.69, 9.17) is 4.74 Å². The van der Waals surface area contributed by atoms with E-state index in [-0.39, 0.29) is 17.8 Å². The molecule has 2 aromatic rings. The van der Waals surface area contributed by atoms with Gasteiger partial charge in [-0.25, -0.2) is 0 Å². The zero-order valence-corrected chi connectivity index (χ0v) is 16.7. The van der Waals surface area contributed by atoms with Crippen LogP contribution in [0.15, 0.2) is 53.0 Å². The summed E-state index contributed by atoms with van der Waals surface area (Å²) in [5, 5.41) is 2.92. The van der Waals surface area contributed by atoms with Gasteiger partial charge >= 0.3 is 5.97 Å². The van der Waals surface area contributed by atoms with Crippen molar-refractivity contribution in [3.8, 4) is 0 Å². The number of hydrogen-bond donors (Lipinski definition) is 1. The lowest BCUT2D eigenvalue weighted by Gasteiger charge is -2.14. The molecule has 0 radical (unpaired) electrons. The summed E-state index contributed by atoms with van der Waals surface area (Å²) in [7, 11) is 0. The zero-order valence-electron chi connectivity index (χ0n) is 15.1. The molecule has 1 unspecified atom stereocenters. The fourth-order valence-electron chi connectivity index (χ4n) is 2.65. The average Bonchev–Trinajstić information content (AvgIpc) is 2.66. The van der Waals surface area contributed by atoms with Gasteiger partial charge < -0.3 is 10.1 Å². The predicted molar refractivity (Wildman–Crippen MR) is 106 cm³/mol. The van der Waals surface area contributed by atoms with Gasteiger partial charge in [-0.05, 0) is 49.1 Å². The molecule has 0 aliphatic rings. The van der Waals surface area contributed by atoms with Crippen molar-refractivity contribution in [1.82, 2.24) is 5.32 Å². The van der Waals surface area contributed by atoms with Crippen molar-refractivity contribution in [3.05, 3.63) is 69.7 Å². The highest BCUT2D eigenvalue weighted by molar-refractivity contribution is 9.10. The van der Waals surface area contributed by atoms with Crippen molar-refractivity contribution >= 4 is 27.8 Å². The van der Waals surface area contributed by atoms with Crippen LogP contribution in [0.2, 0.25) is 0 Å². The minimum atomic E-state index is -0.162. The standard InChI is InChI=1S/C21H24BrNO3/c1-3-16(21(25)26-4-2)13-15-9-11-17(12-10-15)20(24)23-14-18-7-5-6-8-19(18)22/h5-12,16H,3-4,13-14H2,1-2H3,(H,23,24). The first-order valence-electron chi connectivity index (χ1n) is 8.82. The van der Waals surface area contributed by atoms with Crippen LogP contribution in [0.5, 0.6) is 0 Å². The van der Waals surface area contributed by atoms with E-state index in [9.17, 15) is 9.59 Å². The van der Waals surface area contributed by atoms with Crippen LogP contribution in [-0.4, -0.2) is 18.5 Å². The Balaban J connectivity index is 1.94. The zero-order chi connectivity index (χ0) is 18.9. The number of amides is 1. The van der Waals surface area contributed by atoms with E-state index in [1.807, 2.05) is 50.2 Å². The summed E-state index contributed by atoms with van der Waals surface area (Å²) in [6.45, 7) is 4.64. The minimum Gasteiger partial charge on any atom is -0.466 e. The third-order valence-electron chi connectivity index (χ3n) is 4.21. The summed E-state index contributed by atoms with van der Waals surface area (Å²) in [4.78, 5) is 24.2. The summed E-state index contributed by atoms with van der Waals surface area (Å²) < 4.78 is 6.08. The number of benzene rings is 2. The van der Waals surface area contributed by atoms with E-state index < -0.39 is 0 Å². The maximum atomic E-state index is 12.3. The van der Waals surface area contributed by atoms with Crippen molar-refractivity contribution in [1.29, 1.82) is 0 Å². The van der Waals surface area contributed by atoms with Crippen LogP contribution >= 0.6 is 15.9 Å². The second-order valence-corrected chi connectivity index (χ2v) is 6.89. The maximum Gasteiger partial charge on any atom is 0.309 e. The van der Waals surface area contributed by atoms with Gasteiger partial charge in [-0.1, -0.05) is 53.2 Å². The highest BCUT2D eigenvalue weighted by atomic mass is 79.9. The lowest BCUT2D eigenvalue weighted by Crippen LogP contribution is -2.23. The Labute approximate surface area is 163 Å². The number of carbonyl (C=O) groups excluding carboxylic acids is 2. The van der Waals surface area contributed by atoms with Crippen molar-refractivity contribution in [2.75, 3.05) is 6.61 Å². The molecule has 5 heteroatoms. The number of carbonyl (C=O) groups is 2. The molecule has 138 valence electrons. The Hall–Kier alpha value is -2.14. The Bertz CT molecular complexity index is 743. The van der Waals surface area contributed by atoms with Gasteiger partial charge in [0.05, 0.1) is 12.5 Å². The fourth-order valence-corrected chi connectivity index (χ4v) is 3.08. The lowest BCUT2D eigenvalue weighted by atomic mass is 9.96. The number of hydrogen-bond acceptors (Lipinski definition) is 3. The molecule has 1 N–H and O–H groups in total. The predicted octanol–water partition coefficient (Wildman–Crippen LogP) is 4.51. The van der Waals surface area contributed by atoms with E-state index in [1.54, 1.807) is 12.1 Å². The Morgan fingerprint density at radius 2 is 1.77 bits per heavy atom. The highest BCUT2D eigenvalue weighted by Crippen LogP contribution is 2.17. The monoisotopic (exact) mass is 417 g/mol. The molecule has 0 heterocycles. The fraction of sp³-hybridized carbons (Fsp3) is 0.333. The summed E-state index contributed by atoms with van der Waals surface area (Å²) in [5.74, 6) is -0.431. The molecular formula is C21H24BrNO3. The average molecular weight is 418 g/mol. The molecule has 0 saturated heterocycles. The molecule has 2 aromatic carbocycles. The Morgan fingerprint density at radius 3 is 2.38 bits per heavy atom. The summed E-state index contributed by atoms with van der Waals surface area (Å²) in [6, 6.07) is 15.2. The molecule has 1 atom stereocenters. The molecule has 0 spiro atoms. The first-order valence-corrected chi connectivity index (χ1v) is 9.61. The molecule has 0 bridgehead atoms. The molecule has 0 aliphatic carbocycles. The first-order chi connectivity index (χ1) is 12.5. The molecule has 1 amide bonds. The van der Waals surface area contributed by atoms with E-state index in [0.717, 1.165) is 22.0 Å². The topological polar surface area (TPSA) is 55.4 Å². The highest BCUT2D eigenvalue weighted by Gasteiger charge is 2.18. The number of ether oxygens (including phenoxy) is 1. The largest absolute Gasteiger partial charge is 0.466 e. The van der Waals surface area contributed by atoms with Crippen molar-refractivity contribution in [2.45, 2.75) is 33.2 Å². The quantitative estimate of drug-likeness (QED) is 0.642. The van der Waals surface area contributed by atoms with Crippen molar-refractivity contribution in [3.63, 3.8) is 0 Å². The number of nitrogens with one attached hydrogen (secondary N) is 1. The van der Waals surface area contributed by atoms with Crippen LogP contribution in [0.3, 0.4) is 0 Å². The van der Waals surface area contributed by atoms with Gasteiger partial charge in [-0.15, -0.1) is 0 Å². The van der Waals surface area contributed by atoms with Gasteiger partial charge in [0.1, 0.15) is 0 Å². The Morgan fingerprint density at radius 1 is 1.08 bits per heavy atom. The SMILES string of the molecule is CCOC(=O)C(CC)Cc1ccc(C(=O)NCc2ccccc2Br)cc1. The maximum absolute atomic E-state index is 12.3. The van der Waals surface area contributed by atoms with Crippen LogP contribution in [0.1, 0.15) is 41.8 Å². The first kappa shape index (κ1) is 20.2. The van der Waals surface area contributed by atoms with Gasteiger partial charge in [0.2, 0.25) is 0 Å². The molecule has 0 aromatic heterocycles. The van der Waals surface area contributed by atoms with E-state index in [2.05, 4.69) is 21.2 Å². The lowest BCUT2D eigenvalue weighted by molar-refractivity contribution is -0.148. The van der Waals surface area contributed by atoms with E-state index in [1.165, 1.54) is 0 Å². The Kier molecular flexibility index (Phi) is 7.85. The second kappa shape index (κ2) is 10.1. The van der Waals surface area contributed by atoms with Gasteiger partial charge in [-0.3, -0.25) is 9.59 Å². The van der Waals surface area contributed by atoms with Crippen LogP contribution < -0.4 is 5.32 Å². The third-order valence-corrected chi connectivity index (χ3v) is 4.98. The van der Waals surface area contributed by atoms with Gasteiger partial charge in [0.15, 0.2) is 0 Å². The van der Waals surface area contributed by atoms with Crippen LogP contribution in [0.4, 0.5) is 0 Å². The molecule has 0 saturated carbocycles. The molecule has 0 fully saturated rings. The normalized spacial score (nSPS) is 11.7. The van der Waals surface area contributed by atoms with E-state index in [0.29, 0.717) is 25.1 Å². The smallest absolute Gasteiger partial charge is 0.309 e. The van der Waals surface area contributed by atoms with Gasteiger partial charge in [0.25, 0.3) is 5.91 Å². The van der Waals surface area contributed by atoms with Gasteiger partial charge in [0, 0.05) is 16.6 Å². The van der Waals surface area contributed by atoms with Crippen molar-refractivity contribution < 1.29 is 14.3 Å². The van der Waals surface area contributed by atoms with Crippen LogP contribution in [0.25, 0.3) is 0 Å². The number of esters is 1.